The molecule has 0 amide bonds. The summed E-state index contributed by atoms with van der Waals surface area (Å²) in [5, 5.41) is 0. The normalized spacial score (nSPS) is 11.4. The van der Waals surface area contributed by atoms with Crippen LogP contribution < -0.4 is 9.47 Å². The second kappa shape index (κ2) is 14.2. The van der Waals surface area contributed by atoms with E-state index in [2.05, 4.69) is 41.5 Å². The molecule has 0 radical (unpaired) electrons. The summed E-state index contributed by atoms with van der Waals surface area (Å²) in [4.78, 5) is 24.8. The summed E-state index contributed by atoms with van der Waals surface area (Å²) in [7, 11) is 0. The molecular formula is C26H42O4. The Kier molecular flexibility index (Phi) is 12.4. The molecule has 0 bridgehead atoms. The van der Waals surface area contributed by atoms with Crippen LogP contribution in [0.5, 0.6) is 11.5 Å². The summed E-state index contributed by atoms with van der Waals surface area (Å²) in [6.07, 6.45) is 7.39. The van der Waals surface area contributed by atoms with Gasteiger partial charge >= 0.3 is 11.9 Å². The number of hydrogen-bond donors (Lipinski definition) is 0. The quantitative estimate of drug-likeness (QED) is 0.183. The Bertz CT molecular complexity index is 646. The summed E-state index contributed by atoms with van der Waals surface area (Å²) < 4.78 is 11.3. The van der Waals surface area contributed by atoms with Crippen molar-refractivity contribution in [3.05, 3.63) is 23.8 Å². The summed E-state index contributed by atoms with van der Waals surface area (Å²) >= 11 is 0. The van der Waals surface area contributed by atoms with Crippen LogP contribution in [-0.2, 0) is 16.0 Å². The van der Waals surface area contributed by atoms with Crippen LogP contribution in [0.25, 0.3) is 0 Å². The molecule has 0 unspecified atom stereocenters. The van der Waals surface area contributed by atoms with Gasteiger partial charge < -0.3 is 9.47 Å². The van der Waals surface area contributed by atoms with Crippen molar-refractivity contribution in [2.24, 2.45) is 17.8 Å². The van der Waals surface area contributed by atoms with E-state index in [9.17, 15) is 9.59 Å². The summed E-state index contributed by atoms with van der Waals surface area (Å²) in [5.41, 5.74) is 0.908. The zero-order chi connectivity index (χ0) is 22.5. The second-order valence-corrected chi connectivity index (χ2v) is 9.57. The summed E-state index contributed by atoms with van der Waals surface area (Å²) in [5.74, 6) is 1.92. The highest BCUT2D eigenvalue weighted by atomic mass is 16.6. The molecule has 0 fully saturated rings. The Balaban J connectivity index is 2.78. The molecule has 1 aromatic rings. The fourth-order valence-corrected chi connectivity index (χ4v) is 3.34. The Labute approximate surface area is 183 Å². The maximum Gasteiger partial charge on any atom is 0.311 e. The summed E-state index contributed by atoms with van der Waals surface area (Å²) in [6.45, 7) is 13.0. The minimum Gasteiger partial charge on any atom is -0.423 e. The van der Waals surface area contributed by atoms with Crippen LogP contribution in [0.1, 0.15) is 98.5 Å². The number of rotatable bonds is 14. The van der Waals surface area contributed by atoms with Crippen LogP contribution >= 0.6 is 0 Å². The average molecular weight is 419 g/mol. The molecule has 0 aliphatic rings. The first-order chi connectivity index (χ1) is 14.2. The van der Waals surface area contributed by atoms with Gasteiger partial charge in [-0.05, 0) is 48.6 Å². The van der Waals surface area contributed by atoms with Gasteiger partial charge in [-0.3, -0.25) is 9.59 Å². The van der Waals surface area contributed by atoms with Crippen molar-refractivity contribution >= 4 is 11.9 Å². The molecule has 30 heavy (non-hydrogen) atoms. The van der Waals surface area contributed by atoms with Gasteiger partial charge in [-0.1, -0.05) is 79.4 Å². The van der Waals surface area contributed by atoms with E-state index >= 15 is 0 Å². The van der Waals surface area contributed by atoms with Crippen molar-refractivity contribution in [1.29, 1.82) is 0 Å². The van der Waals surface area contributed by atoms with Gasteiger partial charge in [0.2, 0.25) is 0 Å². The van der Waals surface area contributed by atoms with Gasteiger partial charge in [0.15, 0.2) is 11.5 Å². The number of esters is 2. The van der Waals surface area contributed by atoms with Crippen LogP contribution in [0.4, 0.5) is 0 Å². The molecule has 0 aromatic heterocycles. The molecular weight excluding hydrogens is 376 g/mol. The van der Waals surface area contributed by atoms with Gasteiger partial charge in [0.05, 0.1) is 0 Å². The van der Waals surface area contributed by atoms with E-state index in [1.165, 1.54) is 0 Å². The molecule has 0 aliphatic heterocycles. The number of carbonyl (C=O) groups excluding carboxylic acids is 2. The number of hydrogen-bond acceptors (Lipinski definition) is 4. The lowest BCUT2D eigenvalue weighted by Gasteiger charge is -2.16. The van der Waals surface area contributed by atoms with Crippen LogP contribution in [0.2, 0.25) is 0 Å². The minimum atomic E-state index is -0.269. The molecule has 0 atom stereocenters. The van der Waals surface area contributed by atoms with E-state index in [0.29, 0.717) is 42.1 Å². The topological polar surface area (TPSA) is 52.6 Å². The maximum absolute atomic E-state index is 12.4. The molecule has 0 heterocycles. The monoisotopic (exact) mass is 418 g/mol. The SMILES string of the molecule is CC(C)CCCCC(=O)Oc1cccc(CC(C)C)c1OC(=O)CCCCC(C)C. The molecule has 4 nitrogen and oxygen atoms in total. The highest BCUT2D eigenvalue weighted by Crippen LogP contribution is 2.34. The Hall–Kier alpha value is -1.84. The largest absolute Gasteiger partial charge is 0.423 e. The number of carbonyl (C=O) groups is 2. The summed E-state index contributed by atoms with van der Waals surface area (Å²) in [6, 6.07) is 5.53. The lowest BCUT2D eigenvalue weighted by molar-refractivity contribution is -0.137. The van der Waals surface area contributed by atoms with Gasteiger partial charge in [0, 0.05) is 12.8 Å². The number of benzene rings is 1. The Morgan fingerprint density at radius 1 is 0.733 bits per heavy atom. The highest BCUT2D eigenvalue weighted by molar-refractivity contribution is 5.76. The zero-order valence-corrected chi connectivity index (χ0v) is 20.0. The van der Waals surface area contributed by atoms with Gasteiger partial charge in [-0.15, -0.1) is 0 Å². The molecule has 1 rings (SSSR count). The number of para-hydroxylation sites is 1. The number of unbranched alkanes of at least 4 members (excludes halogenated alkanes) is 2. The molecule has 4 heteroatoms. The fraction of sp³-hybridized carbons (Fsp3) is 0.692. The van der Waals surface area contributed by atoms with Crippen LogP contribution in [-0.4, -0.2) is 11.9 Å². The fourth-order valence-electron chi connectivity index (χ4n) is 3.34. The van der Waals surface area contributed by atoms with Gasteiger partial charge in [0.1, 0.15) is 0 Å². The molecule has 0 N–H and O–H groups in total. The first-order valence-corrected chi connectivity index (χ1v) is 11.7. The maximum atomic E-state index is 12.4. The second-order valence-electron chi connectivity index (χ2n) is 9.57. The van der Waals surface area contributed by atoms with Crippen LogP contribution in [0, 0.1) is 17.8 Å². The Morgan fingerprint density at radius 2 is 1.27 bits per heavy atom. The van der Waals surface area contributed by atoms with E-state index < -0.39 is 0 Å². The van der Waals surface area contributed by atoms with E-state index in [-0.39, 0.29) is 11.9 Å². The van der Waals surface area contributed by atoms with E-state index in [1.807, 2.05) is 12.1 Å². The first-order valence-electron chi connectivity index (χ1n) is 11.7. The standard InChI is InChI=1S/C26H42O4/c1-19(2)12-7-9-16-24(27)29-23-15-11-14-22(18-21(5)6)26(23)30-25(28)17-10-8-13-20(3)4/h11,14-15,19-21H,7-10,12-13,16-18H2,1-6H3. The third-order valence-electron chi connectivity index (χ3n) is 4.95. The molecule has 0 spiro atoms. The zero-order valence-electron chi connectivity index (χ0n) is 20.0. The van der Waals surface area contributed by atoms with Crippen molar-refractivity contribution in [3.63, 3.8) is 0 Å². The third kappa shape index (κ3) is 11.4. The van der Waals surface area contributed by atoms with Crippen LogP contribution in [0.15, 0.2) is 18.2 Å². The predicted octanol–water partition coefficient (Wildman–Crippen LogP) is 7.13. The molecule has 1 aromatic carbocycles. The van der Waals surface area contributed by atoms with Gasteiger partial charge in [-0.25, -0.2) is 0 Å². The molecule has 0 saturated carbocycles. The Morgan fingerprint density at radius 3 is 1.77 bits per heavy atom. The highest BCUT2D eigenvalue weighted by Gasteiger charge is 2.18. The van der Waals surface area contributed by atoms with Crippen molar-refractivity contribution in [2.75, 3.05) is 0 Å². The lowest BCUT2D eigenvalue weighted by Crippen LogP contribution is -2.14. The smallest absolute Gasteiger partial charge is 0.311 e. The minimum absolute atomic E-state index is 0.260. The van der Waals surface area contributed by atoms with E-state index in [1.54, 1.807) is 6.07 Å². The van der Waals surface area contributed by atoms with E-state index in [4.69, 9.17) is 9.47 Å². The van der Waals surface area contributed by atoms with Crippen molar-refractivity contribution < 1.29 is 19.1 Å². The van der Waals surface area contributed by atoms with Crippen molar-refractivity contribution in [2.45, 2.75) is 99.3 Å². The first kappa shape index (κ1) is 26.2. The van der Waals surface area contributed by atoms with E-state index in [0.717, 1.165) is 50.5 Å². The molecule has 0 saturated heterocycles. The predicted molar refractivity (Wildman–Crippen MR) is 123 cm³/mol. The van der Waals surface area contributed by atoms with Gasteiger partial charge in [-0.2, -0.15) is 0 Å². The molecule has 0 aliphatic carbocycles. The van der Waals surface area contributed by atoms with Crippen molar-refractivity contribution in [1.82, 2.24) is 0 Å². The third-order valence-corrected chi connectivity index (χ3v) is 4.95. The van der Waals surface area contributed by atoms with Crippen molar-refractivity contribution in [3.8, 4) is 11.5 Å². The van der Waals surface area contributed by atoms with Crippen LogP contribution in [0.3, 0.4) is 0 Å². The molecule has 170 valence electrons. The average Bonchev–Trinajstić information content (AvgIpc) is 2.64. The lowest BCUT2D eigenvalue weighted by atomic mass is 10.0. The van der Waals surface area contributed by atoms with Gasteiger partial charge in [0.25, 0.3) is 0 Å². The number of ether oxygens (including phenoxy) is 2.